The second kappa shape index (κ2) is 15.2. The molecule has 0 N–H and O–H groups in total. The first kappa shape index (κ1) is 33.5. The Labute approximate surface area is 289 Å². The maximum Gasteiger partial charge on any atom is 0.416 e. The number of pyridine rings is 2. The molecular weight excluding hydrogens is 655 g/mol. The van der Waals surface area contributed by atoms with E-state index in [2.05, 4.69) is 14.9 Å². The lowest BCUT2D eigenvalue weighted by molar-refractivity contribution is -0.0311. The van der Waals surface area contributed by atoms with Gasteiger partial charge in [0, 0.05) is 31.6 Å². The van der Waals surface area contributed by atoms with E-state index in [9.17, 15) is 9.59 Å². The second-order valence-corrected chi connectivity index (χ2v) is 12.6. The summed E-state index contributed by atoms with van der Waals surface area (Å²) in [5.74, 6) is 1.25. The van der Waals surface area contributed by atoms with E-state index >= 15 is 0 Å². The van der Waals surface area contributed by atoms with Gasteiger partial charge in [-0.3, -0.25) is 14.8 Å². The quantitative estimate of drug-likeness (QED) is 0.151. The number of halogens is 2. The molecule has 0 unspecified atom stereocenters. The summed E-state index contributed by atoms with van der Waals surface area (Å²) in [5.41, 5.74) is 2.24. The van der Waals surface area contributed by atoms with Gasteiger partial charge in [-0.25, -0.2) is 14.6 Å². The van der Waals surface area contributed by atoms with Crippen LogP contribution in [0.4, 0.5) is 10.6 Å². The number of nitrogens with zero attached hydrogens (tertiary/aromatic N) is 4. The third-order valence-electron chi connectivity index (χ3n) is 8.87. The van der Waals surface area contributed by atoms with E-state index in [0.717, 1.165) is 32.5 Å². The zero-order valence-electron chi connectivity index (χ0n) is 26.7. The molecular formula is C36H36Cl2N4O6. The van der Waals surface area contributed by atoms with Crippen LogP contribution < -0.4 is 14.4 Å². The lowest BCUT2D eigenvalue weighted by Crippen LogP contribution is -2.53. The lowest BCUT2D eigenvalue weighted by atomic mass is 9.86. The van der Waals surface area contributed by atoms with Gasteiger partial charge in [-0.1, -0.05) is 47.5 Å². The summed E-state index contributed by atoms with van der Waals surface area (Å²) < 4.78 is 23.1. The van der Waals surface area contributed by atoms with E-state index in [1.807, 2.05) is 12.1 Å². The predicted octanol–water partition coefficient (Wildman–Crippen LogP) is 7.18. The lowest BCUT2D eigenvalue weighted by Gasteiger charge is -2.44. The average Bonchev–Trinajstić information content (AvgIpc) is 3.12. The first-order valence-electron chi connectivity index (χ1n) is 15.7. The van der Waals surface area contributed by atoms with Crippen molar-refractivity contribution in [3.05, 3.63) is 112 Å². The maximum absolute atomic E-state index is 13.8. The van der Waals surface area contributed by atoms with E-state index in [1.165, 1.54) is 24.4 Å². The molecule has 5 heterocycles. The number of amides is 1. The highest BCUT2D eigenvalue weighted by molar-refractivity contribution is 6.35. The van der Waals surface area contributed by atoms with E-state index in [0.29, 0.717) is 55.5 Å². The average molecular weight is 692 g/mol. The van der Waals surface area contributed by atoms with Gasteiger partial charge >= 0.3 is 12.1 Å². The molecule has 3 fully saturated rings. The Hall–Kier alpha value is -4.38. The first-order valence-corrected chi connectivity index (χ1v) is 16.5. The second-order valence-electron chi connectivity index (χ2n) is 11.8. The molecule has 0 spiro atoms. The summed E-state index contributed by atoms with van der Waals surface area (Å²) in [4.78, 5) is 39.7. The molecule has 3 saturated heterocycles. The smallest absolute Gasteiger partial charge is 0.416 e. The van der Waals surface area contributed by atoms with Crippen LogP contribution in [0.2, 0.25) is 10.0 Å². The van der Waals surface area contributed by atoms with Crippen LogP contribution in [-0.4, -0.2) is 66.9 Å². The summed E-state index contributed by atoms with van der Waals surface area (Å²) in [6, 6.07) is 17.6. The number of fused-ring (bicyclic) bond motifs is 3. The molecule has 12 heteroatoms. The van der Waals surface area contributed by atoms with Gasteiger partial charge in [0.15, 0.2) is 11.5 Å². The van der Waals surface area contributed by atoms with Gasteiger partial charge in [-0.05, 0) is 84.9 Å². The van der Waals surface area contributed by atoms with Crippen LogP contribution in [-0.2, 0) is 22.4 Å². The molecule has 2 aromatic carbocycles. The molecule has 3 aliphatic heterocycles. The Kier molecular flexibility index (Phi) is 10.6. The van der Waals surface area contributed by atoms with Gasteiger partial charge in [0.1, 0.15) is 18.0 Å². The van der Waals surface area contributed by atoms with Gasteiger partial charge in [0.05, 0.1) is 36.4 Å². The highest BCUT2D eigenvalue weighted by Gasteiger charge is 2.37. The Morgan fingerprint density at radius 3 is 2.40 bits per heavy atom. The van der Waals surface area contributed by atoms with Crippen molar-refractivity contribution in [3.8, 4) is 11.5 Å². The zero-order chi connectivity index (χ0) is 33.6. The predicted molar refractivity (Wildman–Crippen MR) is 182 cm³/mol. The van der Waals surface area contributed by atoms with E-state index in [4.69, 9.17) is 42.1 Å². The number of anilines is 1. The minimum atomic E-state index is -0.792. The summed E-state index contributed by atoms with van der Waals surface area (Å²) in [7, 11) is 3.08. The number of carbonyl (C=O) groups is 2. The Morgan fingerprint density at radius 1 is 0.958 bits per heavy atom. The fourth-order valence-electron chi connectivity index (χ4n) is 6.27. The fraction of sp³-hybridized carbons (Fsp3) is 0.333. The van der Waals surface area contributed by atoms with Crippen LogP contribution in [0.5, 0.6) is 11.5 Å². The van der Waals surface area contributed by atoms with Gasteiger partial charge in [0.25, 0.3) is 0 Å². The number of rotatable bonds is 11. The fourth-order valence-corrected chi connectivity index (χ4v) is 6.78. The zero-order valence-corrected chi connectivity index (χ0v) is 28.2. The number of methoxy groups -OCH3 is 2. The third kappa shape index (κ3) is 7.67. The van der Waals surface area contributed by atoms with Crippen LogP contribution in [0.15, 0.2) is 79.3 Å². The first-order chi connectivity index (χ1) is 23.3. The normalized spacial score (nSPS) is 18.9. The molecule has 2 atom stereocenters. The minimum absolute atomic E-state index is 0.138. The van der Waals surface area contributed by atoms with Crippen molar-refractivity contribution >= 4 is 41.1 Å². The SMILES string of the molecule is COc1ccc([C@H](Cc2c(Cl)cncc2Cl)OC(=O)c2cccc(CN(C(=O)O[C@H]3CN4CCC3CC4)c3ccccn3)c2)cc1OC. The standard InChI is InChI=1S/C36H36Cl2N4O6/c1-45-30-10-9-25(17-32(30)46-2)31(18-27-28(37)19-39-20-29(27)38)47-35(43)26-7-5-6-23(16-26)21-42(34-8-3-4-13-40-34)36(44)48-33-22-41-14-11-24(33)12-15-41/h3-10,13,16-17,19-20,24,31,33H,11-12,14-15,18,21-22H2,1-2H3/t31-,33-/m0/s1. The number of ether oxygens (including phenoxy) is 4. The largest absolute Gasteiger partial charge is 0.493 e. The number of piperidine rings is 3. The number of esters is 1. The third-order valence-corrected chi connectivity index (χ3v) is 9.52. The van der Waals surface area contributed by atoms with Crippen molar-refractivity contribution in [3.63, 3.8) is 0 Å². The van der Waals surface area contributed by atoms with E-state index in [-0.39, 0.29) is 19.1 Å². The molecule has 2 aromatic heterocycles. The van der Waals surface area contributed by atoms with E-state index in [1.54, 1.807) is 61.8 Å². The number of hydrogen-bond acceptors (Lipinski definition) is 9. The van der Waals surface area contributed by atoms with Crippen LogP contribution in [0.1, 0.15) is 46.0 Å². The van der Waals surface area contributed by atoms with Gasteiger partial charge in [-0.15, -0.1) is 0 Å². The molecule has 4 aromatic rings. The molecule has 7 rings (SSSR count). The molecule has 250 valence electrons. The van der Waals surface area contributed by atoms with Gasteiger partial charge in [0.2, 0.25) is 0 Å². The Balaban J connectivity index is 1.24. The van der Waals surface area contributed by atoms with Crippen LogP contribution in [0, 0.1) is 5.92 Å². The van der Waals surface area contributed by atoms with Crippen molar-refractivity contribution in [2.45, 2.75) is 38.0 Å². The van der Waals surface area contributed by atoms with Crippen molar-refractivity contribution in [2.75, 3.05) is 38.8 Å². The summed E-state index contributed by atoms with van der Waals surface area (Å²) in [6.07, 6.45) is 5.42. The molecule has 3 aliphatic rings. The topological polar surface area (TPSA) is 103 Å². The minimum Gasteiger partial charge on any atom is -0.493 e. The number of aromatic nitrogens is 2. The molecule has 0 saturated carbocycles. The summed E-state index contributed by atoms with van der Waals surface area (Å²) in [6.45, 7) is 2.96. The van der Waals surface area contributed by atoms with Crippen molar-refractivity contribution in [1.29, 1.82) is 0 Å². The summed E-state index contributed by atoms with van der Waals surface area (Å²) in [5, 5.41) is 0.705. The molecule has 0 aliphatic carbocycles. The highest BCUT2D eigenvalue weighted by atomic mass is 35.5. The van der Waals surface area contributed by atoms with Crippen molar-refractivity contribution in [2.24, 2.45) is 5.92 Å². The highest BCUT2D eigenvalue weighted by Crippen LogP contribution is 2.36. The summed E-state index contributed by atoms with van der Waals surface area (Å²) >= 11 is 12.9. The number of hydrogen-bond donors (Lipinski definition) is 0. The Morgan fingerprint density at radius 2 is 1.73 bits per heavy atom. The van der Waals surface area contributed by atoms with E-state index < -0.39 is 18.2 Å². The maximum atomic E-state index is 13.8. The molecule has 10 nitrogen and oxygen atoms in total. The number of benzene rings is 2. The van der Waals surface area contributed by atoms with Crippen LogP contribution in [0.3, 0.4) is 0 Å². The van der Waals surface area contributed by atoms with Gasteiger partial charge in [-0.2, -0.15) is 0 Å². The van der Waals surface area contributed by atoms with Crippen LogP contribution in [0.25, 0.3) is 0 Å². The van der Waals surface area contributed by atoms with Gasteiger partial charge < -0.3 is 18.9 Å². The monoisotopic (exact) mass is 690 g/mol. The van der Waals surface area contributed by atoms with Crippen molar-refractivity contribution < 1.29 is 28.5 Å². The Bertz CT molecular complexity index is 1730. The molecule has 2 bridgehead atoms. The molecule has 0 radical (unpaired) electrons. The molecule has 48 heavy (non-hydrogen) atoms. The number of carbonyl (C=O) groups excluding carboxylic acids is 2. The van der Waals surface area contributed by atoms with Crippen molar-refractivity contribution in [1.82, 2.24) is 14.9 Å². The molecule has 1 amide bonds. The van der Waals surface area contributed by atoms with Crippen LogP contribution >= 0.6 is 23.2 Å².